The van der Waals surface area contributed by atoms with Crippen molar-refractivity contribution in [2.24, 2.45) is 11.8 Å². The average molecular weight is 443 g/mol. The molecule has 2 unspecified atom stereocenters. The molecule has 3 aliphatic heterocycles. The normalized spacial score (nSPS) is 32.8. The number of benzene rings is 1. The molecule has 0 saturated carbocycles. The van der Waals surface area contributed by atoms with Crippen LogP contribution in [-0.2, 0) is 25.7 Å². The Morgan fingerprint density at radius 1 is 1.31 bits per heavy atom. The molecule has 5 atom stereocenters. The monoisotopic (exact) mass is 442 g/mol. The zero-order valence-corrected chi connectivity index (χ0v) is 18.3. The SMILES string of the molecule is C=CCN(Cc1ccccc1)C(=O)C1N(CCCO)C(=O)[C@@H]2[C@H](C(=O)O)[C@]3(C)CCC12O3. The first kappa shape index (κ1) is 22.5. The van der Waals surface area contributed by atoms with E-state index in [0.717, 1.165) is 5.56 Å². The Bertz CT molecular complexity index is 920. The van der Waals surface area contributed by atoms with Gasteiger partial charge in [-0.25, -0.2) is 0 Å². The second kappa shape index (κ2) is 8.33. The summed E-state index contributed by atoms with van der Waals surface area (Å²) in [7, 11) is 0. The van der Waals surface area contributed by atoms with Gasteiger partial charge in [-0.2, -0.15) is 0 Å². The molecule has 172 valence electrons. The summed E-state index contributed by atoms with van der Waals surface area (Å²) in [6, 6.07) is 8.61. The largest absolute Gasteiger partial charge is 0.481 e. The third-order valence-electron chi connectivity index (χ3n) is 7.21. The van der Waals surface area contributed by atoms with E-state index in [1.165, 1.54) is 4.90 Å². The number of aliphatic hydroxyl groups excluding tert-OH is 1. The van der Waals surface area contributed by atoms with Crippen LogP contribution in [0, 0.1) is 11.8 Å². The molecular weight excluding hydrogens is 412 g/mol. The van der Waals surface area contributed by atoms with Gasteiger partial charge in [0.15, 0.2) is 0 Å². The van der Waals surface area contributed by atoms with Crippen LogP contribution in [-0.4, -0.2) is 74.7 Å². The van der Waals surface area contributed by atoms with E-state index < -0.39 is 35.0 Å². The van der Waals surface area contributed by atoms with E-state index in [2.05, 4.69) is 6.58 Å². The van der Waals surface area contributed by atoms with Crippen molar-refractivity contribution in [1.82, 2.24) is 9.80 Å². The van der Waals surface area contributed by atoms with Crippen LogP contribution in [0.2, 0.25) is 0 Å². The lowest BCUT2D eigenvalue weighted by molar-refractivity contribution is -0.156. The van der Waals surface area contributed by atoms with Crippen LogP contribution in [0.5, 0.6) is 0 Å². The summed E-state index contributed by atoms with van der Waals surface area (Å²) in [4.78, 5) is 42.7. The van der Waals surface area contributed by atoms with Crippen LogP contribution in [0.15, 0.2) is 43.0 Å². The molecule has 0 radical (unpaired) electrons. The number of aliphatic carboxylic acids is 1. The minimum Gasteiger partial charge on any atom is -0.481 e. The number of ether oxygens (including phenoxy) is 1. The van der Waals surface area contributed by atoms with Gasteiger partial charge in [-0.1, -0.05) is 36.4 Å². The molecule has 0 aliphatic carbocycles. The van der Waals surface area contributed by atoms with Crippen molar-refractivity contribution in [3.63, 3.8) is 0 Å². The fourth-order valence-corrected chi connectivity index (χ4v) is 5.93. The number of fused-ring (bicyclic) bond motifs is 1. The number of nitrogens with zero attached hydrogens (tertiary/aromatic N) is 2. The van der Waals surface area contributed by atoms with Gasteiger partial charge < -0.3 is 24.7 Å². The Morgan fingerprint density at radius 3 is 2.66 bits per heavy atom. The lowest BCUT2D eigenvalue weighted by Gasteiger charge is -2.36. The van der Waals surface area contributed by atoms with Crippen molar-refractivity contribution in [2.45, 2.75) is 50.0 Å². The lowest BCUT2D eigenvalue weighted by atomic mass is 9.66. The number of rotatable bonds is 9. The number of hydrogen-bond acceptors (Lipinski definition) is 5. The van der Waals surface area contributed by atoms with Crippen LogP contribution < -0.4 is 0 Å². The highest BCUT2D eigenvalue weighted by Gasteiger charge is 2.78. The minimum absolute atomic E-state index is 0.135. The minimum atomic E-state index is -1.17. The van der Waals surface area contributed by atoms with E-state index in [1.54, 1.807) is 17.9 Å². The van der Waals surface area contributed by atoms with Crippen LogP contribution in [0.25, 0.3) is 0 Å². The van der Waals surface area contributed by atoms with E-state index in [1.807, 2.05) is 30.3 Å². The van der Waals surface area contributed by atoms with Gasteiger partial charge in [-0.15, -0.1) is 6.58 Å². The van der Waals surface area contributed by atoms with E-state index in [-0.39, 0.29) is 31.5 Å². The van der Waals surface area contributed by atoms with Crippen LogP contribution in [0.1, 0.15) is 31.7 Å². The number of hydrogen-bond donors (Lipinski definition) is 2. The first-order chi connectivity index (χ1) is 15.3. The summed E-state index contributed by atoms with van der Waals surface area (Å²) < 4.78 is 6.36. The number of aliphatic hydroxyl groups is 1. The maximum absolute atomic E-state index is 14.0. The van der Waals surface area contributed by atoms with Gasteiger partial charge in [-0.05, 0) is 31.7 Å². The standard InChI is InChI=1S/C24H30N2O6/c1-3-12-25(15-16-8-5-4-6-9-16)21(29)19-24-11-10-23(2,32-24)18(22(30)31)17(24)20(28)26(19)13-7-14-27/h3-6,8-9,17-19,27H,1,7,10-15H2,2H3,(H,30,31)/t17-,18+,19?,23-,24?/m0/s1. The molecule has 2 amide bonds. The molecule has 1 aromatic carbocycles. The maximum Gasteiger partial charge on any atom is 0.310 e. The average Bonchev–Trinajstić information content (AvgIpc) is 3.33. The van der Waals surface area contributed by atoms with E-state index in [0.29, 0.717) is 25.8 Å². The molecule has 3 fully saturated rings. The van der Waals surface area contributed by atoms with Crippen molar-refractivity contribution in [2.75, 3.05) is 19.7 Å². The molecule has 1 spiro atoms. The highest BCUT2D eigenvalue weighted by molar-refractivity contribution is 5.98. The van der Waals surface area contributed by atoms with Crippen molar-refractivity contribution < 1.29 is 29.3 Å². The third kappa shape index (κ3) is 3.33. The molecule has 3 heterocycles. The molecule has 1 aromatic rings. The lowest BCUT2D eigenvalue weighted by Crippen LogP contribution is -2.56. The Morgan fingerprint density at radius 2 is 2.03 bits per heavy atom. The van der Waals surface area contributed by atoms with Gasteiger partial charge in [0, 0.05) is 26.2 Å². The Kier molecular flexibility index (Phi) is 5.85. The summed E-state index contributed by atoms with van der Waals surface area (Å²) in [5.74, 6) is -3.63. The topological polar surface area (TPSA) is 107 Å². The summed E-state index contributed by atoms with van der Waals surface area (Å²) in [6.45, 7) is 6.17. The zero-order chi connectivity index (χ0) is 23.1. The van der Waals surface area contributed by atoms with Crippen molar-refractivity contribution >= 4 is 17.8 Å². The number of carbonyl (C=O) groups is 3. The number of carboxylic acids is 1. The summed E-state index contributed by atoms with van der Waals surface area (Å²) in [5, 5.41) is 19.3. The molecule has 3 aliphatic rings. The summed E-state index contributed by atoms with van der Waals surface area (Å²) >= 11 is 0. The molecular formula is C24H30N2O6. The van der Waals surface area contributed by atoms with Crippen LogP contribution in [0.3, 0.4) is 0 Å². The van der Waals surface area contributed by atoms with Gasteiger partial charge in [0.2, 0.25) is 11.8 Å². The number of carboxylic acid groups (broad SMARTS) is 1. The molecule has 32 heavy (non-hydrogen) atoms. The van der Waals surface area contributed by atoms with Gasteiger partial charge in [0.1, 0.15) is 11.6 Å². The molecule has 8 heteroatoms. The fraction of sp³-hybridized carbons (Fsp3) is 0.542. The maximum atomic E-state index is 14.0. The molecule has 2 N–H and O–H groups in total. The van der Waals surface area contributed by atoms with E-state index in [4.69, 9.17) is 4.74 Å². The first-order valence-electron chi connectivity index (χ1n) is 11.1. The van der Waals surface area contributed by atoms with Gasteiger partial charge >= 0.3 is 5.97 Å². The molecule has 4 rings (SSSR count). The van der Waals surface area contributed by atoms with Crippen molar-refractivity contribution in [1.29, 1.82) is 0 Å². The predicted molar refractivity (Wildman–Crippen MR) is 115 cm³/mol. The number of carbonyl (C=O) groups excluding carboxylic acids is 2. The third-order valence-corrected chi connectivity index (χ3v) is 7.21. The number of amides is 2. The van der Waals surface area contributed by atoms with Crippen molar-refractivity contribution in [3.05, 3.63) is 48.6 Å². The second-order valence-electron chi connectivity index (χ2n) is 9.17. The molecule has 2 bridgehead atoms. The Balaban J connectivity index is 1.73. The van der Waals surface area contributed by atoms with Gasteiger partial charge in [0.05, 0.1) is 17.4 Å². The molecule has 3 saturated heterocycles. The van der Waals surface area contributed by atoms with Gasteiger partial charge in [-0.3, -0.25) is 14.4 Å². The van der Waals surface area contributed by atoms with Crippen LogP contribution in [0.4, 0.5) is 0 Å². The van der Waals surface area contributed by atoms with Gasteiger partial charge in [0.25, 0.3) is 0 Å². The van der Waals surface area contributed by atoms with Crippen LogP contribution >= 0.6 is 0 Å². The number of likely N-dealkylation sites (tertiary alicyclic amines) is 1. The zero-order valence-electron chi connectivity index (χ0n) is 18.3. The smallest absolute Gasteiger partial charge is 0.310 e. The predicted octanol–water partition coefficient (Wildman–Crippen LogP) is 1.43. The van der Waals surface area contributed by atoms with E-state index in [9.17, 15) is 24.6 Å². The summed E-state index contributed by atoms with van der Waals surface area (Å²) in [5.41, 5.74) is -1.21. The quantitative estimate of drug-likeness (QED) is 0.561. The Labute approximate surface area is 187 Å². The highest BCUT2D eigenvalue weighted by Crippen LogP contribution is 2.63. The van der Waals surface area contributed by atoms with E-state index >= 15 is 0 Å². The fourth-order valence-electron chi connectivity index (χ4n) is 5.93. The Hall–Kier alpha value is -2.71. The molecule has 8 nitrogen and oxygen atoms in total. The summed E-state index contributed by atoms with van der Waals surface area (Å²) in [6.07, 6.45) is 2.86. The van der Waals surface area contributed by atoms with Crippen molar-refractivity contribution in [3.8, 4) is 0 Å². The molecule has 0 aromatic heterocycles. The highest BCUT2D eigenvalue weighted by atomic mass is 16.5. The second-order valence-corrected chi connectivity index (χ2v) is 9.17. The first-order valence-corrected chi connectivity index (χ1v) is 11.1.